The van der Waals surface area contributed by atoms with E-state index in [1.807, 2.05) is 16.9 Å². The molecule has 0 spiro atoms. The molecule has 1 aliphatic rings. The van der Waals surface area contributed by atoms with Crippen LogP contribution in [0.25, 0.3) is 11.1 Å². The van der Waals surface area contributed by atoms with E-state index in [0.29, 0.717) is 18.8 Å². The van der Waals surface area contributed by atoms with Crippen LogP contribution in [0.15, 0.2) is 79.3 Å². The van der Waals surface area contributed by atoms with E-state index in [0.717, 1.165) is 61.4 Å². The molecule has 0 aliphatic carbocycles. The number of ether oxygens (including phenoxy) is 2. The lowest BCUT2D eigenvalue weighted by Crippen LogP contribution is -2.44. The molecule has 12 heteroatoms. The summed E-state index contributed by atoms with van der Waals surface area (Å²) in [6, 6.07) is 18.5. The monoisotopic (exact) mass is 692 g/mol. The number of aromatic nitrogens is 4. The van der Waals surface area contributed by atoms with Gasteiger partial charge in [0.25, 0.3) is 0 Å². The van der Waals surface area contributed by atoms with Gasteiger partial charge in [-0.05, 0) is 104 Å². The molecule has 266 valence electrons. The number of piperazine rings is 1. The van der Waals surface area contributed by atoms with Crippen LogP contribution in [-0.2, 0) is 17.9 Å². The molecule has 3 aromatic carbocycles. The van der Waals surface area contributed by atoms with E-state index in [9.17, 15) is 9.18 Å². The summed E-state index contributed by atoms with van der Waals surface area (Å²) in [5, 5.41) is 10.0. The van der Waals surface area contributed by atoms with Gasteiger partial charge in [-0.3, -0.25) is 10.00 Å². The summed E-state index contributed by atoms with van der Waals surface area (Å²) in [5.74, 6) is 0.130. The fourth-order valence-corrected chi connectivity index (χ4v) is 6.10. The van der Waals surface area contributed by atoms with Gasteiger partial charge in [0.1, 0.15) is 12.4 Å². The molecule has 2 aromatic heterocycles. The first kappa shape index (κ1) is 35.5. The molecular weight excluding hydrogens is 647 g/mol. The highest BCUT2D eigenvalue weighted by Crippen LogP contribution is 2.32. The number of amides is 1. The fraction of sp³-hybridized carbons (Fsp3) is 0.333. The van der Waals surface area contributed by atoms with E-state index in [1.54, 1.807) is 24.4 Å². The van der Waals surface area contributed by atoms with Crippen molar-refractivity contribution in [3.8, 4) is 16.9 Å². The van der Waals surface area contributed by atoms with E-state index in [-0.39, 0.29) is 24.1 Å². The summed E-state index contributed by atoms with van der Waals surface area (Å²) in [5.41, 5.74) is 8.07. The van der Waals surface area contributed by atoms with Crippen LogP contribution in [0.5, 0.6) is 5.75 Å². The van der Waals surface area contributed by atoms with Gasteiger partial charge in [-0.2, -0.15) is 10.1 Å². The van der Waals surface area contributed by atoms with Gasteiger partial charge in [-0.1, -0.05) is 24.3 Å². The molecule has 1 saturated heterocycles. The fourth-order valence-electron chi connectivity index (χ4n) is 6.10. The van der Waals surface area contributed by atoms with Gasteiger partial charge in [0.2, 0.25) is 5.95 Å². The standard InChI is InChI=1S/C39H45FN8O3/c1-27-7-10-33(29(3)28(27)2)34-11-8-30(25-48-17-5-14-42-48)23-31(34)26-51-39(49)45-37-13-15-41-38(44-37)43-32-9-12-36(35(40)24-32)50-22-6-16-47-20-18-46(4)19-21-47/h5,7-15,17,23-24H,6,16,18-22,25-26H2,1-4H3,(H2,41,43,44,45,49). The van der Waals surface area contributed by atoms with Crippen LogP contribution in [0.4, 0.5) is 26.6 Å². The summed E-state index contributed by atoms with van der Waals surface area (Å²) in [4.78, 5) is 26.3. The normalized spacial score (nSPS) is 13.6. The minimum atomic E-state index is -0.667. The number of aryl methyl sites for hydroxylation is 1. The van der Waals surface area contributed by atoms with Crippen molar-refractivity contribution in [2.75, 3.05) is 57.0 Å². The lowest BCUT2D eigenvalue weighted by Gasteiger charge is -2.32. The molecule has 5 aromatic rings. The van der Waals surface area contributed by atoms with Crippen LogP contribution in [-0.4, -0.2) is 82.0 Å². The number of rotatable bonds is 13. The lowest BCUT2D eigenvalue weighted by molar-refractivity contribution is 0.145. The number of nitrogens with one attached hydrogen (secondary N) is 2. The van der Waals surface area contributed by atoms with Crippen LogP contribution in [0.3, 0.4) is 0 Å². The average molecular weight is 693 g/mol. The average Bonchev–Trinajstić information content (AvgIpc) is 3.63. The molecule has 51 heavy (non-hydrogen) atoms. The highest BCUT2D eigenvalue weighted by molar-refractivity contribution is 5.83. The van der Waals surface area contributed by atoms with Crippen molar-refractivity contribution in [1.82, 2.24) is 29.5 Å². The zero-order valence-corrected chi connectivity index (χ0v) is 29.7. The molecule has 6 rings (SSSR count). The number of hydrogen-bond donors (Lipinski definition) is 2. The third-order valence-electron chi connectivity index (χ3n) is 9.33. The summed E-state index contributed by atoms with van der Waals surface area (Å²) in [6.45, 7) is 12.5. The van der Waals surface area contributed by atoms with Gasteiger partial charge >= 0.3 is 6.09 Å². The van der Waals surface area contributed by atoms with Crippen molar-refractivity contribution >= 4 is 23.5 Å². The third-order valence-corrected chi connectivity index (χ3v) is 9.33. The Morgan fingerprint density at radius 2 is 1.76 bits per heavy atom. The van der Waals surface area contributed by atoms with E-state index >= 15 is 0 Å². The molecule has 0 atom stereocenters. The number of anilines is 3. The van der Waals surface area contributed by atoms with E-state index in [1.165, 1.54) is 29.0 Å². The van der Waals surface area contributed by atoms with Gasteiger partial charge in [-0.15, -0.1) is 0 Å². The van der Waals surface area contributed by atoms with Crippen molar-refractivity contribution in [3.63, 3.8) is 0 Å². The van der Waals surface area contributed by atoms with E-state index < -0.39 is 11.9 Å². The summed E-state index contributed by atoms with van der Waals surface area (Å²) >= 11 is 0. The van der Waals surface area contributed by atoms with Crippen molar-refractivity contribution in [2.24, 2.45) is 0 Å². The Labute approximate surface area is 298 Å². The van der Waals surface area contributed by atoms with Crippen LogP contribution in [0.1, 0.15) is 34.2 Å². The van der Waals surface area contributed by atoms with Crippen molar-refractivity contribution in [1.29, 1.82) is 0 Å². The molecule has 1 fully saturated rings. The first-order valence-electron chi connectivity index (χ1n) is 17.3. The lowest BCUT2D eigenvalue weighted by atomic mass is 9.91. The molecule has 0 bridgehead atoms. The highest BCUT2D eigenvalue weighted by Gasteiger charge is 2.16. The minimum absolute atomic E-state index is 0.0419. The second-order valence-corrected chi connectivity index (χ2v) is 13.0. The number of likely N-dealkylation sites (N-methyl/N-ethyl adjacent to an activating group) is 1. The zero-order valence-electron chi connectivity index (χ0n) is 29.7. The second kappa shape index (κ2) is 16.6. The SMILES string of the molecule is Cc1ccc(-c2ccc(Cn3cccn3)cc2COC(=O)Nc2ccnc(Nc3ccc(OCCCN4CCN(C)CC4)c(F)c3)n2)c(C)c1C. The maximum absolute atomic E-state index is 14.9. The number of halogens is 1. The third kappa shape index (κ3) is 9.47. The van der Waals surface area contributed by atoms with Gasteiger partial charge in [-0.25, -0.2) is 14.2 Å². The largest absolute Gasteiger partial charge is 0.490 e. The number of benzene rings is 3. The first-order valence-corrected chi connectivity index (χ1v) is 17.3. The Balaban J connectivity index is 1.05. The topological polar surface area (TPSA) is 110 Å². The molecule has 0 saturated carbocycles. The van der Waals surface area contributed by atoms with Crippen LogP contribution in [0.2, 0.25) is 0 Å². The van der Waals surface area contributed by atoms with Crippen LogP contribution in [0, 0.1) is 26.6 Å². The predicted molar refractivity (Wildman–Crippen MR) is 197 cm³/mol. The molecule has 0 unspecified atom stereocenters. The first-order chi connectivity index (χ1) is 24.7. The quantitative estimate of drug-likeness (QED) is 0.127. The van der Waals surface area contributed by atoms with Crippen molar-refractivity contribution in [3.05, 3.63) is 113 Å². The van der Waals surface area contributed by atoms with Gasteiger partial charge in [0.05, 0.1) is 13.2 Å². The Kier molecular flexibility index (Phi) is 11.5. The van der Waals surface area contributed by atoms with E-state index in [2.05, 4.69) is 93.7 Å². The van der Waals surface area contributed by atoms with E-state index in [4.69, 9.17) is 9.47 Å². The predicted octanol–water partition coefficient (Wildman–Crippen LogP) is 6.96. The number of nitrogens with zero attached hydrogens (tertiary/aromatic N) is 6. The highest BCUT2D eigenvalue weighted by atomic mass is 19.1. The molecule has 1 amide bonds. The smallest absolute Gasteiger partial charge is 0.413 e. The summed E-state index contributed by atoms with van der Waals surface area (Å²) in [6.07, 6.45) is 5.31. The van der Waals surface area contributed by atoms with Gasteiger partial charge < -0.3 is 24.6 Å². The Bertz CT molecular complexity index is 1940. The zero-order chi connectivity index (χ0) is 35.7. The maximum Gasteiger partial charge on any atom is 0.413 e. The Hall–Kier alpha value is -5.33. The molecule has 11 nitrogen and oxygen atoms in total. The van der Waals surface area contributed by atoms with Crippen LogP contribution < -0.4 is 15.4 Å². The molecule has 0 radical (unpaired) electrons. The Morgan fingerprint density at radius 3 is 2.55 bits per heavy atom. The van der Waals surface area contributed by atoms with Gasteiger partial charge in [0, 0.05) is 63.1 Å². The van der Waals surface area contributed by atoms with Crippen molar-refractivity contribution < 1.29 is 18.7 Å². The maximum atomic E-state index is 14.9. The number of carbonyl (C=O) groups is 1. The van der Waals surface area contributed by atoms with Crippen molar-refractivity contribution in [2.45, 2.75) is 40.3 Å². The summed E-state index contributed by atoms with van der Waals surface area (Å²) < 4.78 is 28.2. The number of hydrogen-bond acceptors (Lipinski definition) is 9. The second-order valence-electron chi connectivity index (χ2n) is 13.0. The number of carbonyl (C=O) groups excluding carboxylic acids is 1. The summed E-state index contributed by atoms with van der Waals surface area (Å²) in [7, 11) is 2.13. The Morgan fingerprint density at radius 1 is 0.941 bits per heavy atom. The van der Waals surface area contributed by atoms with Gasteiger partial charge in [0.15, 0.2) is 11.6 Å². The molecule has 3 heterocycles. The minimum Gasteiger partial charge on any atom is -0.490 e. The molecular formula is C39H45FN8O3. The molecule has 1 aliphatic heterocycles. The molecule has 2 N–H and O–H groups in total. The van der Waals surface area contributed by atoms with Crippen LogP contribution >= 0.6 is 0 Å².